The monoisotopic (exact) mass is 460 g/mol. The van der Waals surface area contributed by atoms with Crippen molar-refractivity contribution in [3.05, 3.63) is 93.0 Å². The van der Waals surface area contributed by atoms with Crippen molar-refractivity contribution in [2.75, 3.05) is 0 Å². The van der Waals surface area contributed by atoms with Gasteiger partial charge in [0.15, 0.2) is 5.78 Å². The van der Waals surface area contributed by atoms with E-state index in [0.29, 0.717) is 17.6 Å². The third-order valence-corrected chi connectivity index (χ3v) is 7.27. The number of allylic oxidation sites excluding steroid dienone is 5. The van der Waals surface area contributed by atoms with E-state index in [1.165, 1.54) is 0 Å². The van der Waals surface area contributed by atoms with Gasteiger partial charge in [-0.05, 0) is 53.6 Å². The SMILES string of the molecule is CCCc1scc2c1C(c1ccc(O)cc1)=C(C(N)=O)C(=O)C2(CCC)C1=CC=CC=CN1. The van der Waals surface area contributed by atoms with Crippen molar-refractivity contribution in [3.63, 3.8) is 0 Å². The van der Waals surface area contributed by atoms with Crippen LogP contribution in [0.4, 0.5) is 0 Å². The zero-order valence-corrected chi connectivity index (χ0v) is 19.7. The van der Waals surface area contributed by atoms with Crippen LogP contribution in [-0.2, 0) is 21.4 Å². The lowest BCUT2D eigenvalue weighted by molar-refractivity contribution is -0.124. The first kappa shape index (κ1) is 22.8. The number of primary amides is 1. The van der Waals surface area contributed by atoms with Crippen LogP contribution in [0.25, 0.3) is 5.57 Å². The normalized spacial score (nSPS) is 19.7. The Kier molecular flexibility index (Phi) is 6.38. The van der Waals surface area contributed by atoms with E-state index in [4.69, 9.17) is 5.73 Å². The topological polar surface area (TPSA) is 92.4 Å². The van der Waals surface area contributed by atoms with Gasteiger partial charge in [-0.15, -0.1) is 11.3 Å². The van der Waals surface area contributed by atoms with E-state index in [1.807, 2.05) is 37.4 Å². The molecule has 0 bridgehead atoms. The second-order valence-electron chi connectivity index (χ2n) is 8.31. The van der Waals surface area contributed by atoms with E-state index in [1.54, 1.807) is 35.6 Å². The van der Waals surface area contributed by atoms with Crippen LogP contribution in [0.2, 0.25) is 0 Å². The summed E-state index contributed by atoms with van der Waals surface area (Å²) < 4.78 is 0. The average molecular weight is 461 g/mol. The van der Waals surface area contributed by atoms with Crippen LogP contribution in [0.5, 0.6) is 5.75 Å². The molecule has 1 aromatic heterocycles. The van der Waals surface area contributed by atoms with Crippen molar-refractivity contribution in [2.24, 2.45) is 5.73 Å². The molecule has 4 rings (SSSR count). The zero-order chi connectivity index (χ0) is 23.6. The molecule has 0 saturated carbocycles. The minimum Gasteiger partial charge on any atom is -0.508 e. The van der Waals surface area contributed by atoms with Gasteiger partial charge in [0.05, 0.1) is 11.0 Å². The smallest absolute Gasteiger partial charge is 0.253 e. The highest BCUT2D eigenvalue weighted by molar-refractivity contribution is 7.10. The van der Waals surface area contributed by atoms with Crippen LogP contribution < -0.4 is 11.1 Å². The van der Waals surface area contributed by atoms with Crippen molar-refractivity contribution in [1.29, 1.82) is 0 Å². The number of carbonyl (C=O) groups is 2. The summed E-state index contributed by atoms with van der Waals surface area (Å²) in [5, 5.41) is 15.2. The van der Waals surface area contributed by atoms with Crippen molar-refractivity contribution < 1.29 is 14.7 Å². The van der Waals surface area contributed by atoms with Crippen LogP contribution in [0.3, 0.4) is 0 Å². The van der Waals surface area contributed by atoms with E-state index in [2.05, 4.69) is 17.6 Å². The van der Waals surface area contributed by atoms with Crippen LogP contribution >= 0.6 is 11.3 Å². The van der Waals surface area contributed by atoms with Crippen LogP contribution in [0.1, 0.15) is 54.7 Å². The van der Waals surface area contributed by atoms with Crippen LogP contribution in [0.15, 0.2) is 71.4 Å². The van der Waals surface area contributed by atoms with Gasteiger partial charge in [0.25, 0.3) is 5.91 Å². The molecule has 1 aliphatic carbocycles. The third kappa shape index (κ3) is 3.74. The molecule has 1 aliphatic heterocycles. The Balaban J connectivity index is 2.11. The van der Waals surface area contributed by atoms with Crippen LogP contribution in [0, 0.1) is 0 Å². The molecule has 1 amide bonds. The average Bonchev–Trinajstić information content (AvgIpc) is 3.02. The summed E-state index contributed by atoms with van der Waals surface area (Å²) >= 11 is 1.63. The van der Waals surface area contributed by atoms with E-state index in [-0.39, 0.29) is 17.1 Å². The molecule has 2 aromatic rings. The highest BCUT2D eigenvalue weighted by Crippen LogP contribution is 2.52. The maximum absolute atomic E-state index is 14.3. The molecule has 170 valence electrons. The summed E-state index contributed by atoms with van der Waals surface area (Å²) in [6, 6.07) is 6.60. The van der Waals surface area contributed by atoms with Gasteiger partial charge in [-0.1, -0.05) is 51.0 Å². The van der Waals surface area contributed by atoms with Crippen molar-refractivity contribution in [3.8, 4) is 5.75 Å². The van der Waals surface area contributed by atoms with E-state index in [0.717, 1.165) is 41.0 Å². The number of Topliss-reactive ketones (excluding diaryl/α,β-unsaturated/α-hetero) is 1. The number of fused-ring (bicyclic) bond motifs is 1. The summed E-state index contributed by atoms with van der Waals surface area (Å²) in [5.41, 5.74) is 8.75. The van der Waals surface area contributed by atoms with Gasteiger partial charge in [0.1, 0.15) is 5.75 Å². The lowest BCUT2D eigenvalue weighted by atomic mass is 9.62. The highest BCUT2D eigenvalue weighted by atomic mass is 32.1. The van der Waals surface area contributed by atoms with E-state index >= 15 is 0 Å². The third-order valence-electron chi connectivity index (χ3n) is 6.23. The van der Waals surface area contributed by atoms with Gasteiger partial charge in [-0.3, -0.25) is 9.59 Å². The minimum absolute atomic E-state index is 0.0253. The Morgan fingerprint density at radius 2 is 1.88 bits per heavy atom. The molecule has 4 N–H and O–H groups in total. The number of aromatic hydroxyl groups is 1. The molecule has 0 radical (unpaired) electrons. The Labute approximate surface area is 198 Å². The Hall–Kier alpha value is -3.38. The molecule has 33 heavy (non-hydrogen) atoms. The summed E-state index contributed by atoms with van der Waals surface area (Å²) in [6.45, 7) is 4.16. The fourth-order valence-electron chi connectivity index (χ4n) is 4.87. The minimum atomic E-state index is -1.03. The van der Waals surface area contributed by atoms with Gasteiger partial charge in [-0.25, -0.2) is 0 Å². The number of hydrogen-bond acceptors (Lipinski definition) is 5. The summed E-state index contributed by atoms with van der Waals surface area (Å²) in [4.78, 5) is 28.4. The summed E-state index contributed by atoms with van der Waals surface area (Å²) in [7, 11) is 0. The largest absolute Gasteiger partial charge is 0.508 e. The second kappa shape index (κ2) is 9.24. The van der Waals surface area contributed by atoms with Gasteiger partial charge in [-0.2, -0.15) is 0 Å². The van der Waals surface area contributed by atoms with Gasteiger partial charge >= 0.3 is 0 Å². The number of ketones is 1. The Bertz CT molecular complexity index is 1210. The van der Waals surface area contributed by atoms with Gasteiger partial charge < -0.3 is 16.2 Å². The Morgan fingerprint density at radius 1 is 1.12 bits per heavy atom. The van der Waals surface area contributed by atoms with Crippen molar-refractivity contribution in [1.82, 2.24) is 5.32 Å². The number of aryl methyl sites for hydroxylation is 1. The number of thiophene rings is 1. The first-order valence-corrected chi connectivity index (χ1v) is 12.1. The number of hydrogen-bond donors (Lipinski definition) is 3. The van der Waals surface area contributed by atoms with Crippen molar-refractivity contribution in [2.45, 2.75) is 44.9 Å². The molecule has 1 aromatic carbocycles. The molecular formula is C27H28N2O3S. The lowest BCUT2D eigenvalue weighted by Crippen LogP contribution is -2.47. The fourth-order valence-corrected chi connectivity index (χ4v) is 6.10. The molecule has 0 saturated heterocycles. The molecular weight excluding hydrogens is 432 g/mol. The number of rotatable bonds is 7. The molecule has 0 spiro atoms. The predicted octanol–water partition coefficient (Wildman–Crippen LogP) is 4.87. The molecule has 1 unspecified atom stereocenters. The standard InChI is InChI=1S/C27H28N2O3S/c1-3-8-20-23-19(16-33-20)27(14-4-2,21-9-6-5-7-15-29-21)25(31)24(26(28)32)22(23)17-10-12-18(30)13-11-17/h5-7,9-13,15-16,29-30H,3-4,8,14H2,1-2H3,(H2,28,32). The number of nitrogens with two attached hydrogens (primary N) is 1. The molecule has 6 heteroatoms. The summed E-state index contributed by atoms with van der Waals surface area (Å²) in [5.74, 6) is -0.896. The Morgan fingerprint density at radius 3 is 2.55 bits per heavy atom. The number of benzene rings is 1. The quantitative estimate of drug-likeness (QED) is 0.514. The number of phenolic OH excluding ortho intramolecular Hbond substituents is 1. The molecule has 0 fully saturated rings. The highest BCUT2D eigenvalue weighted by Gasteiger charge is 2.52. The lowest BCUT2D eigenvalue weighted by Gasteiger charge is -2.39. The number of amides is 1. The van der Waals surface area contributed by atoms with Crippen molar-refractivity contribution >= 4 is 28.6 Å². The fraction of sp³-hybridized carbons (Fsp3) is 0.259. The van der Waals surface area contributed by atoms with E-state index in [9.17, 15) is 14.7 Å². The zero-order valence-electron chi connectivity index (χ0n) is 18.9. The van der Waals surface area contributed by atoms with Crippen LogP contribution in [-0.4, -0.2) is 16.8 Å². The second-order valence-corrected chi connectivity index (χ2v) is 9.28. The molecule has 2 aliphatic rings. The predicted molar refractivity (Wildman–Crippen MR) is 133 cm³/mol. The van der Waals surface area contributed by atoms with Gasteiger partial charge in [0.2, 0.25) is 0 Å². The number of nitrogens with one attached hydrogen (secondary N) is 1. The molecule has 5 nitrogen and oxygen atoms in total. The van der Waals surface area contributed by atoms with E-state index < -0.39 is 11.3 Å². The first-order chi connectivity index (χ1) is 16.0. The van der Waals surface area contributed by atoms with Gasteiger partial charge in [0, 0.05) is 27.9 Å². The first-order valence-electron chi connectivity index (χ1n) is 11.3. The number of carbonyl (C=O) groups excluding carboxylic acids is 2. The molecule has 2 heterocycles. The summed E-state index contributed by atoms with van der Waals surface area (Å²) in [6.07, 6.45) is 12.5. The maximum Gasteiger partial charge on any atom is 0.253 e. The number of phenols is 1. The maximum atomic E-state index is 14.3. The molecule has 1 atom stereocenters.